The molecule has 3 rings (SSSR count). The van der Waals surface area contributed by atoms with E-state index in [4.69, 9.17) is 0 Å². The first-order valence-corrected chi connectivity index (χ1v) is 6.87. The number of carbonyl (C=O) groups excluding carboxylic acids is 1. The van der Waals surface area contributed by atoms with E-state index < -0.39 is 18.1 Å². The molecular formula is C14H10F3N5O3. The zero-order chi connectivity index (χ0) is 18.0. The van der Waals surface area contributed by atoms with Crippen molar-refractivity contribution in [2.75, 3.05) is 0 Å². The third-order valence-corrected chi connectivity index (χ3v) is 3.17. The summed E-state index contributed by atoms with van der Waals surface area (Å²) in [5.41, 5.74) is 0.261. The van der Waals surface area contributed by atoms with Crippen LogP contribution >= 0.6 is 0 Å². The van der Waals surface area contributed by atoms with Crippen molar-refractivity contribution in [2.45, 2.75) is 12.9 Å². The number of aromatic nitrogens is 4. The van der Waals surface area contributed by atoms with Gasteiger partial charge in [0, 0.05) is 6.54 Å². The van der Waals surface area contributed by atoms with Gasteiger partial charge < -0.3 is 10.1 Å². The van der Waals surface area contributed by atoms with Gasteiger partial charge in [0.25, 0.3) is 0 Å². The van der Waals surface area contributed by atoms with Crippen molar-refractivity contribution in [3.8, 4) is 5.75 Å². The number of hydrogen-bond acceptors (Lipinski definition) is 5. The standard InChI is InChI=1S/C14H10F3N5O3/c15-14(16,17)25-9-3-1-8(2-4-9)5-19-12(23)22-10-6-18-7-20-11(10)21-13(22)24/h1-4,6-7H,5H2,(H,19,23)(H,18,20,21,24). The Morgan fingerprint density at radius 2 is 2.00 bits per heavy atom. The molecule has 0 spiro atoms. The number of fused-ring (bicyclic) bond motifs is 1. The summed E-state index contributed by atoms with van der Waals surface area (Å²) in [6, 6.07) is 4.26. The average molecular weight is 353 g/mol. The largest absolute Gasteiger partial charge is 0.573 e. The number of alkyl halides is 3. The van der Waals surface area contributed by atoms with Gasteiger partial charge in [-0.25, -0.2) is 24.1 Å². The Hall–Kier alpha value is -3.37. The molecule has 0 aliphatic carbocycles. The van der Waals surface area contributed by atoms with Crippen molar-refractivity contribution < 1.29 is 22.7 Å². The van der Waals surface area contributed by atoms with Gasteiger partial charge in [-0.15, -0.1) is 13.2 Å². The van der Waals surface area contributed by atoms with Gasteiger partial charge in [-0.05, 0) is 17.7 Å². The highest BCUT2D eigenvalue weighted by atomic mass is 19.4. The summed E-state index contributed by atoms with van der Waals surface area (Å²) in [5, 5.41) is 2.49. The van der Waals surface area contributed by atoms with Crippen molar-refractivity contribution >= 4 is 17.2 Å². The number of carbonyl (C=O) groups is 1. The highest BCUT2D eigenvalue weighted by Gasteiger charge is 2.30. The molecule has 2 heterocycles. The predicted molar refractivity (Wildman–Crippen MR) is 78.9 cm³/mol. The molecule has 2 N–H and O–H groups in total. The predicted octanol–water partition coefficient (Wildman–Crippen LogP) is 1.78. The van der Waals surface area contributed by atoms with Gasteiger partial charge in [0.15, 0.2) is 5.65 Å². The Bertz CT molecular complexity index is 962. The molecule has 25 heavy (non-hydrogen) atoms. The Labute approximate surface area is 137 Å². The van der Waals surface area contributed by atoms with E-state index >= 15 is 0 Å². The van der Waals surface area contributed by atoms with E-state index in [1.807, 2.05) is 0 Å². The van der Waals surface area contributed by atoms with E-state index in [1.54, 1.807) is 0 Å². The van der Waals surface area contributed by atoms with Crippen molar-refractivity contribution in [2.24, 2.45) is 0 Å². The van der Waals surface area contributed by atoms with Crippen LogP contribution in [0.25, 0.3) is 11.2 Å². The summed E-state index contributed by atoms with van der Waals surface area (Å²) in [4.78, 5) is 34.0. The van der Waals surface area contributed by atoms with Crippen LogP contribution in [0.15, 0.2) is 41.6 Å². The zero-order valence-corrected chi connectivity index (χ0v) is 12.4. The lowest BCUT2D eigenvalue weighted by Crippen LogP contribution is -2.34. The number of hydrogen-bond donors (Lipinski definition) is 2. The van der Waals surface area contributed by atoms with Gasteiger partial charge in [0.05, 0.1) is 6.20 Å². The molecule has 0 unspecified atom stereocenters. The lowest BCUT2D eigenvalue weighted by atomic mass is 10.2. The van der Waals surface area contributed by atoms with Gasteiger partial charge in [-0.1, -0.05) is 12.1 Å². The van der Waals surface area contributed by atoms with Crippen LogP contribution < -0.4 is 15.7 Å². The molecule has 0 radical (unpaired) electrons. The fraction of sp³-hybridized carbons (Fsp3) is 0.143. The third-order valence-electron chi connectivity index (χ3n) is 3.17. The van der Waals surface area contributed by atoms with E-state index in [9.17, 15) is 22.8 Å². The second-order valence-electron chi connectivity index (χ2n) is 4.87. The maximum atomic E-state index is 12.2. The number of ether oxygens (including phenoxy) is 1. The molecule has 0 atom stereocenters. The van der Waals surface area contributed by atoms with E-state index in [0.717, 1.165) is 16.7 Å². The Morgan fingerprint density at radius 1 is 1.28 bits per heavy atom. The molecule has 0 fully saturated rings. The number of aromatic amines is 1. The maximum absolute atomic E-state index is 12.2. The first kappa shape index (κ1) is 16.5. The van der Waals surface area contributed by atoms with E-state index in [-0.39, 0.29) is 23.5 Å². The van der Waals surface area contributed by atoms with E-state index in [2.05, 4.69) is 25.0 Å². The van der Waals surface area contributed by atoms with Gasteiger partial charge in [0.2, 0.25) is 0 Å². The van der Waals surface area contributed by atoms with Crippen LogP contribution in [0.5, 0.6) is 5.75 Å². The van der Waals surface area contributed by atoms with Crippen molar-refractivity contribution in [1.29, 1.82) is 0 Å². The summed E-state index contributed by atoms with van der Waals surface area (Å²) in [6.45, 7) is -0.00205. The molecule has 0 saturated heterocycles. The SMILES string of the molecule is O=C(NCc1ccc(OC(F)(F)F)cc1)n1c(=O)[nH]c2ncncc21. The molecule has 0 bridgehead atoms. The quantitative estimate of drug-likeness (QED) is 0.747. The number of amides is 1. The second-order valence-corrected chi connectivity index (χ2v) is 4.87. The molecule has 1 aromatic carbocycles. The minimum Gasteiger partial charge on any atom is -0.406 e. The number of benzene rings is 1. The number of nitrogens with zero attached hydrogens (tertiary/aromatic N) is 3. The van der Waals surface area contributed by atoms with Crippen LogP contribution in [0.3, 0.4) is 0 Å². The first-order chi connectivity index (χ1) is 11.8. The average Bonchev–Trinajstić information content (AvgIpc) is 2.88. The Morgan fingerprint density at radius 3 is 2.68 bits per heavy atom. The van der Waals surface area contributed by atoms with Crippen molar-refractivity contribution in [3.05, 3.63) is 52.8 Å². The molecule has 11 heteroatoms. The molecule has 0 aliphatic rings. The number of nitrogens with one attached hydrogen (secondary N) is 2. The molecule has 1 amide bonds. The molecular weight excluding hydrogens is 343 g/mol. The molecule has 130 valence electrons. The number of imidazole rings is 1. The second kappa shape index (κ2) is 6.26. The maximum Gasteiger partial charge on any atom is 0.573 e. The smallest absolute Gasteiger partial charge is 0.406 e. The molecule has 0 saturated carbocycles. The third kappa shape index (κ3) is 3.76. The van der Waals surface area contributed by atoms with Gasteiger partial charge >= 0.3 is 18.1 Å². The molecule has 2 aromatic heterocycles. The summed E-state index contributed by atoms with van der Waals surface area (Å²) < 4.78 is 40.9. The van der Waals surface area contributed by atoms with Crippen molar-refractivity contribution in [1.82, 2.24) is 24.8 Å². The van der Waals surface area contributed by atoms with Gasteiger partial charge in [-0.3, -0.25) is 4.98 Å². The Kier molecular flexibility index (Phi) is 4.13. The highest BCUT2D eigenvalue weighted by molar-refractivity contribution is 5.86. The first-order valence-electron chi connectivity index (χ1n) is 6.87. The van der Waals surface area contributed by atoms with E-state index in [1.165, 1.54) is 24.7 Å². The molecule has 0 aliphatic heterocycles. The van der Waals surface area contributed by atoms with Crippen LogP contribution in [0.4, 0.5) is 18.0 Å². The monoisotopic (exact) mass is 353 g/mol. The number of halogens is 3. The molecule has 8 nitrogen and oxygen atoms in total. The van der Waals surface area contributed by atoms with Crippen LogP contribution in [0, 0.1) is 0 Å². The lowest BCUT2D eigenvalue weighted by Gasteiger charge is -2.10. The lowest BCUT2D eigenvalue weighted by molar-refractivity contribution is -0.274. The number of rotatable bonds is 3. The number of H-pyrrole nitrogens is 1. The van der Waals surface area contributed by atoms with Gasteiger partial charge in [-0.2, -0.15) is 0 Å². The normalized spacial score (nSPS) is 11.5. The topological polar surface area (TPSA) is 102 Å². The fourth-order valence-electron chi connectivity index (χ4n) is 2.12. The summed E-state index contributed by atoms with van der Waals surface area (Å²) >= 11 is 0. The minimum atomic E-state index is -4.77. The Balaban J connectivity index is 1.70. The van der Waals surface area contributed by atoms with Crippen LogP contribution in [-0.4, -0.2) is 31.9 Å². The zero-order valence-electron chi connectivity index (χ0n) is 12.4. The minimum absolute atomic E-state index is 0.00205. The van der Waals surface area contributed by atoms with Crippen LogP contribution in [0.2, 0.25) is 0 Å². The van der Waals surface area contributed by atoms with Crippen molar-refractivity contribution in [3.63, 3.8) is 0 Å². The summed E-state index contributed by atoms with van der Waals surface area (Å²) in [7, 11) is 0. The van der Waals surface area contributed by atoms with Crippen LogP contribution in [0.1, 0.15) is 5.56 Å². The molecule has 3 aromatic rings. The van der Waals surface area contributed by atoms with E-state index in [0.29, 0.717) is 5.56 Å². The van der Waals surface area contributed by atoms with Crippen LogP contribution in [-0.2, 0) is 6.54 Å². The fourth-order valence-corrected chi connectivity index (χ4v) is 2.12. The highest BCUT2D eigenvalue weighted by Crippen LogP contribution is 2.22. The summed E-state index contributed by atoms with van der Waals surface area (Å²) in [5.74, 6) is -0.368. The van der Waals surface area contributed by atoms with Gasteiger partial charge in [0.1, 0.15) is 17.6 Å². The summed E-state index contributed by atoms with van der Waals surface area (Å²) in [6.07, 6.45) is -2.23.